The molecule has 0 N–H and O–H groups in total. The van der Waals surface area contributed by atoms with Crippen LogP contribution in [0.2, 0.25) is 10.0 Å². The van der Waals surface area contributed by atoms with E-state index in [0.717, 1.165) is 39.2 Å². The molecular formula is C21H17Cl2N3O2S. The van der Waals surface area contributed by atoms with E-state index in [1.54, 1.807) is 24.2 Å². The fourth-order valence-electron chi connectivity index (χ4n) is 3.45. The maximum Gasteiger partial charge on any atom is 0.229 e. The number of rotatable bonds is 3. The molecule has 3 aromatic heterocycles. The number of hydrogen-bond donors (Lipinski definition) is 0. The first-order chi connectivity index (χ1) is 13.9. The Bertz CT molecular complexity index is 1260. The van der Waals surface area contributed by atoms with Crippen molar-refractivity contribution in [1.82, 2.24) is 15.0 Å². The highest BCUT2D eigenvalue weighted by atomic mass is 35.5. The molecule has 4 heterocycles. The molecule has 0 atom stereocenters. The van der Waals surface area contributed by atoms with Crippen LogP contribution in [0.25, 0.3) is 22.2 Å². The van der Waals surface area contributed by atoms with Gasteiger partial charge in [0.2, 0.25) is 5.71 Å². The van der Waals surface area contributed by atoms with Crippen molar-refractivity contribution in [3.8, 4) is 0 Å². The molecule has 0 spiro atoms. The maximum atomic E-state index is 6.30. The second-order valence-electron chi connectivity index (χ2n) is 7.66. The lowest BCUT2D eigenvalue weighted by molar-refractivity contribution is -0.0411. The molecule has 1 aromatic carbocycles. The SMILES string of the molecule is CC1(C)Cc2nc3oc4c(SCc5ccc(Cl)cc5Cl)ncnc4c3cc2CO1. The molecule has 4 aromatic rings. The summed E-state index contributed by atoms with van der Waals surface area (Å²) in [6.07, 6.45) is 2.31. The first-order valence-electron chi connectivity index (χ1n) is 9.16. The lowest BCUT2D eigenvalue weighted by atomic mass is 9.95. The highest BCUT2D eigenvalue weighted by Crippen LogP contribution is 2.37. The number of ether oxygens (including phenoxy) is 1. The molecule has 0 saturated carbocycles. The van der Waals surface area contributed by atoms with Crippen LogP contribution < -0.4 is 0 Å². The minimum atomic E-state index is -0.224. The maximum absolute atomic E-state index is 6.30. The number of fused-ring (bicyclic) bond motifs is 4. The van der Waals surface area contributed by atoms with Crippen molar-refractivity contribution in [2.75, 3.05) is 0 Å². The lowest BCUT2D eigenvalue weighted by Crippen LogP contribution is -2.32. The summed E-state index contributed by atoms with van der Waals surface area (Å²) in [4.78, 5) is 13.6. The van der Waals surface area contributed by atoms with Crippen LogP contribution in [0.1, 0.15) is 30.7 Å². The minimum Gasteiger partial charge on any atom is -0.433 e. The van der Waals surface area contributed by atoms with Gasteiger partial charge in [-0.15, -0.1) is 0 Å². The molecule has 0 saturated heterocycles. The van der Waals surface area contributed by atoms with E-state index in [2.05, 4.69) is 29.9 Å². The largest absolute Gasteiger partial charge is 0.433 e. The van der Waals surface area contributed by atoms with Crippen LogP contribution in [-0.2, 0) is 23.5 Å². The van der Waals surface area contributed by atoms with E-state index in [-0.39, 0.29) is 5.60 Å². The number of nitrogens with zero attached hydrogens (tertiary/aromatic N) is 3. The molecule has 0 radical (unpaired) electrons. The Hall–Kier alpha value is -1.86. The predicted molar refractivity (Wildman–Crippen MR) is 116 cm³/mol. The van der Waals surface area contributed by atoms with Crippen LogP contribution in [0.4, 0.5) is 0 Å². The molecule has 8 heteroatoms. The fraction of sp³-hybridized carbons (Fsp3) is 0.286. The molecule has 0 bridgehead atoms. The van der Waals surface area contributed by atoms with Crippen LogP contribution in [-0.4, -0.2) is 20.6 Å². The zero-order valence-electron chi connectivity index (χ0n) is 15.8. The Kier molecular flexibility index (Phi) is 4.70. The molecule has 29 heavy (non-hydrogen) atoms. The molecule has 1 aliphatic heterocycles. The Labute approximate surface area is 181 Å². The first-order valence-corrected chi connectivity index (χ1v) is 10.9. The van der Waals surface area contributed by atoms with E-state index in [4.69, 9.17) is 37.3 Å². The van der Waals surface area contributed by atoms with E-state index >= 15 is 0 Å². The predicted octanol–water partition coefficient (Wildman–Crippen LogP) is 6.22. The van der Waals surface area contributed by atoms with Gasteiger partial charge in [0.15, 0.2) is 5.58 Å². The Morgan fingerprint density at radius 2 is 2.03 bits per heavy atom. The molecule has 0 amide bonds. The summed E-state index contributed by atoms with van der Waals surface area (Å²) >= 11 is 13.8. The van der Waals surface area contributed by atoms with Crippen LogP contribution in [0.5, 0.6) is 0 Å². The highest BCUT2D eigenvalue weighted by Gasteiger charge is 2.28. The summed E-state index contributed by atoms with van der Waals surface area (Å²) in [5.41, 5.74) is 4.86. The van der Waals surface area contributed by atoms with Crippen molar-refractivity contribution >= 4 is 57.2 Å². The van der Waals surface area contributed by atoms with Crippen LogP contribution in [0.3, 0.4) is 0 Å². The number of hydrogen-bond acceptors (Lipinski definition) is 6. The summed E-state index contributed by atoms with van der Waals surface area (Å²) in [5.74, 6) is 0.644. The van der Waals surface area contributed by atoms with Gasteiger partial charge in [0.05, 0.1) is 23.3 Å². The normalized spacial score (nSPS) is 15.7. The van der Waals surface area contributed by atoms with E-state index in [0.29, 0.717) is 33.7 Å². The third-order valence-corrected chi connectivity index (χ3v) is 6.58. The first kappa shape index (κ1) is 19.1. The van der Waals surface area contributed by atoms with E-state index in [9.17, 15) is 0 Å². The highest BCUT2D eigenvalue weighted by molar-refractivity contribution is 7.98. The third-order valence-electron chi connectivity index (χ3n) is 4.97. The number of benzene rings is 1. The van der Waals surface area contributed by atoms with Crippen LogP contribution in [0, 0.1) is 0 Å². The van der Waals surface area contributed by atoms with Gasteiger partial charge < -0.3 is 9.15 Å². The number of thioether (sulfide) groups is 1. The molecule has 0 fully saturated rings. The Balaban J connectivity index is 1.53. The average Bonchev–Trinajstić information content (AvgIpc) is 3.03. The fourth-order valence-corrected chi connectivity index (χ4v) is 4.94. The Morgan fingerprint density at radius 1 is 1.17 bits per heavy atom. The number of halogens is 2. The van der Waals surface area contributed by atoms with Gasteiger partial charge >= 0.3 is 0 Å². The van der Waals surface area contributed by atoms with Gasteiger partial charge in [0, 0.05) is 27.8 Å². The van der Waals surface area contributed by atoms with Gasteiger partial charge in [-0.2, -0.15) is 0 Å². The molecule has 0 unspecified atom stereocenters. The van der Waals surface area contributed by atoms with Gasteiger partial charge in [-0.05, 0) is 37.6 Å². The number of furan rings is 1. The molecular weight excluding hydrogens is 429 g/mol. The van der Waals surface area contributed by atoms with E-state index < -0.39 is 0 Å². The van der Waals surface area contributed by atoms with Gasteiger partial charge in [0.1, 0.15) is 16.9 Å². The lowest BCUT2D eigenvalue weighted by Gasteiger charge is -2.30. The molecule has 5 nitrogen and oxygen atoms in total. The molecule has 0 aliphatic carbocycles. The standard InChI is InChI=1S/C21H17Cl2N3O2S/c1-21(2)7-16-12(8-27-21)5-14-17-18(28-19(14)26-16)20(25-10-24-17)29-9-11-3-4-13(22)6-15(11)23/h3-6,10H,7-9H2,1-2H3. The summed E-state index contributed by atoms with van der Waals surface area (Å²) in [5, 5.41) is 2.90. The average molecular weight is 446 g/mol. The van der Waals surface area contributed by atoms with Crippen molar-refractivity contribution in [3.05, 3.63) is 57.5 Å². The molecule has 5 rings (SSSR count). The van der Waals surface area contributed by atoms with Gasteiger partial charge in [-0.25, -0.2) is 15.0 Å². The van der Waals surface area contributed by atoms with Crippen LogP contribution >= 0.6 is 35.0 Å². The smallest absolute Gasteiger partial charge is 0.229 e. The second-order valence-corrected chi connectivity index (χ2v) is 9.46. The quantitative estimate of drug-likeness (QED) is 0.275. The summed E-state index contributed by atoms with van der Waals surface area (Å²) in [6.45, 7) is 4.69. The molecule has 148 valence electrons. The monoisotopic (exact) mass is 445 g/mol. The van der Waals surface area contributed by atoms with E-state index in [1.807, 2.05) is 12.1 Å². The van der Waals surface area contributed by atoms with E-state index in [1.165, 1.54) is 0 Å². The number of aromatic nitrogens is 3. The van der Waals surface area contributed by atoms with Gasteiger partial charge in [-0.3, -0.25) is 0 Å². The van der Waals surface area contributed by atoms with Crippen LogP contribution in [0.15, 0.2) is 40.0 Å². The Morgan fingerprint density at radius 3 is 2.86 bits per heavy atom. The zero-order valence-corrected chi connectivity index (χ0v) is 18.2. The van der Waals surface area contributed by atoms with Crippen molar-refractivity contribution in [2.24, 2.45) is 0 Å². The second kappa shape index (κ2) is 7.13. The topological polar surface area (TPSA) is 61.0 Å². The summed E-state index contributed by atoms with van der Waals surface area (Å²) in [7, 11) is 0. The number of pyridine rings is 1. The van der Waals surface area contributed by atoms with Gasteiger partial charge in [0.25, 0.3) is 0 Å². The molecule has 1 aliphatic rings. The third kappa shape index (κ3) is 3.59. The van der Waals surface area contributed by atoms with Crippen molar-refractivity contribution in [3.63, 3.8) is 0 Å². The van der Waals surface area contributed by atoms with Crippen molar-refractivity contribution in [1.29, 1.82) is 0 Å². The minimum absolute atomic E-state index is 0.224. The summed E-state index contributed by atoms with van der Waals surface area (Å²) < 4.78 is 12.0. The zero-order chi connectivity index (χ0) is 20.2. The van der Waals surface area contributed by atoms with Crippen molar-refractivity contribution < 1.29 is 9.15 Å². The van der Waals surface area contributed by atoms with Crippen molar-refractivity contribution in [2.45, 2.75) is 43.3 Å². The van der Waals surface area contributed by atoms with Gasteiger partial charge in [-0.1, -0.05) is 41.0 Å². The summed E-state index contributed by atoms with van der Waals surface area (Å²) in [6, 6.07) is 7.58.